The summed E-state index contributed by atoms with van der Waals surface area (Å²) >= 11 is 0. The molecule has 0 radical (unpaired) electrons. The van der Waals surface area contributed by atoms with Gasteiger partial charge in [0.15, 0.2) is 0 Å². The van der Waals surface area contributed by atoms with Crippen LogP contribution in [0, 0.1) is 11.8 Å². The van der Waals surface area contributed by atoms with Gasteiger partial charge in [-0.3, -0.25) is 0 Å². The van der Waals surface area contributed by atoms with Gasteiger partial charge in [0.1, 0.15) is 0 Å². The summed E-state index contributed by atoms with van der Waals surface area (Å²) in [7, 11) is 0. The van der Waals surface area contributed by atoms with Crippen molar-refractivity contribution in [2.24, 2.45) is 11.8 Å². The highest BCUT2D eigenvalue weighted by Crippen LogP contribution is 2.42. The van der Waals surface area contributed by atoms with Gasteiger partial charge in [-0.25, -0.2) is 0 Å². The molecule has 20 heavy (non-hydrogen) atoms. The minimum atomic E-state index is 0.315. The molecule has 0 unspecified atom stereocenters. The Morgan fingerprint density at radius 2 is 1.75 bits per heavy atom. The third kappa shape index (κ3) is 3.00. The molecule has 0 aromatic heterocycles. The average molecular weight is 264 g/mol. The van der Waals surface area contributed by atoms with Crippen molar-refractivity contribution in [2.75, 3.05) is 6.61 Å². The molecule has 0 heterocycles. The summed E-state index contributed by atoms with van der Waals surface area (Å²) in [5.74, 6) is 1.35. The van der Waals surface area contributed by atoms with E-state index in [9.17, 15) is 0 Å². The van der Waals surface area contributed by atoms with Crippen LogP contribution in [-0.4, -0.2) is 11.7 Å². The third-order valence-corrected chi connectivity index (χ3v) is 4.05. The van der Waals surface area contributed by atoms with Crippen molar-refractivity contribution < 1.29 is 5.11 Å². The summed E-state index contributed by atoms with van der Waals surface area (Å²) in [6.07, 6.45) is 6.71. The van der Waals surface area contributed by atoms with E-state index in [1.807, 2.05) is 6.07 Å². The summed E-state index contributed by atoms with van der Waals surface area (Å²) in [6.45, 7) is 0.315. The van der Waals surface area contributed by atoms with E-state index in [1.54, 1.807) is 0 Å². The van der Waals surface area contributed by atoms with Gasteiger partial charge in [0.2, 0.25) is 0 Å². The first-order valence-corrected chi connectivity index (χ1v) is 7.32. The van der Waals surface area contributed by atoms with Crippen LogP contribution in [0.4, 0.5) is 0 Å². The molecule has 1 fully saturated rings. The molecule has 1 N–H and O–H groups in total. The smallest absolute Gasteiger partial charge is 0.0433 e. The van der Waals surface area contributed by atoms with Gasteiger partial charge in [-0.15, -0.1) is 0 Å². The maximum atomic E-state index is 8.95. The Kier molecular flexibility index (Phi) is 3.98. The SMILES string of the molecule is OCC[C@@H]1C[C@H]1/C=C/c1ccccc1-c1ccccc1. The number of aliphatic hydroxyl groups is 1. The van der Waals surface area contributed by atoms with E-state index in [2.05, 4.69) is 60.7 Å². The van der Waals surface area contributed by atoms with Crippen molar-refractivity contribution >= 4 is 6.08 Å². The molecular formula is C19H20O. The minimum Gasteiger partial charge on any atom is -0.396 e. The maximum Gasteiger partial charge on any atom is 0.0433 e. The van der Waals surface area contributed by atoms with Crippen molar-refractivity contribution in [1.29, 1.82) is 0 Å². The van der Waals surface area contributed by atoms with Crippen molar-refractivity contribution in [1.82, 2.24) is 0 Å². The summed E-state index contributed by atoms with van der Waals surface area (Å²) in [5, 5.41) is 8.95. The monoisotopic (exact) mass is 264 g/mol. The normalized spacial score (nSPS) is 21.2. The van der Waals surface area contributed by atoms with Crippen molar-refractivity contribution in [3.8, 4) is 11.1 Å². The van der Waals surface area contributed by atoms with E-state index >= 15 is 0 Å². The molecule has 1 saturated carbocycles. The molecule has 0 spiro atoms. The van der Waals surface area contributed by atoms with Crippen molar-refractivity contribution in [3.63, 3.8) is 0 Å². The van der Waals surface area contributed by atoms with Gasteiger partial charge in [-0.05, 0) is 41.4 Å². The minimum absolute atomic E-state index is 0.315. The van der Waals surface area contributed by atoms with Crippen LogP contribution in [0.5, 0.6) is 0 Å². The van der Waals surface area contributed by atoms with E-state index in [0.717, 1.165) is 6.42 Å². The largest absolute Gasteiger partial charge is 0.396 e. The number of hydrogen-bond acceptors (Lipinski definition) is 1. The lowest BCUT2D eigenvalue weighted by atomic mass is 9.99. The molecule has 1 nitrogen and oxygen atoms in total. The molecule has 2 atom stereocenters. The Balaban J connectivity index is 1.79. The first kappa shape index (κ1) is 13.1. The highest BCUT2D eigenvalue weighted by molar-refractivity contribution is 5.75. The Labute approximate surface area is 120 Å². The second-order valence-electron chi connectivity index (χ2n) is 5.48. The number of rotatable bonds is 5. The molecule has 0 saturated heterocycles. The molecule has 2 aromatic rings. The van der Waals surface area contributed by atoms with E-state index in [0.29, 0.717) is 18.4 Å². The molecular weight excluding hydrogens is 244 g/mol. The fourth-order valence-corrected chi connectivity index (χ4v) is 2.75. The van der Waals surface area contributed by atoms with Crippen molar-refractivity contribution in [2.45, 2.75) is 12.8 Å². The average Bonchev–Trinajstić information content (AvgIpc) is 3.25. The highest BCUT2D eigenvalue weighted by atomic mass is 16.3. The Morgan fingerprint density at radius 1 is 1.00 bits per heavy atom. The standard InChI is InChI=1S/C19H20O/c20-13-12-18-14-17(18)11-10-16-8-4-5-9-19(16)15-6-2-1-3-7-15/h1-11,17-18,20H,12-14H2/b11-10+/t17-,18-/m1/s1. The third-order valence-electron chi connectivity index (χ3n) is 4.05. The van der Waals surface area contributed by atoms with Crippen molar-refractivity contribution in [3.05, 3.63) is 66.2 Å². The molecule has 2 aromatic carbocycles. The zero-order valence-corrected chi connectivity index (χ0v) is 11.6. The van der Waals surface area contributed by atoms with Crippen LogP contribution >= 0.6 is 0 Å². The number of allylic oxidation sites excluding steroid dienone is 1. The van der Waals surface area contributed by atoms with Gasteiger partial charge >= 0.3 is 0 Å². The molecule has 1 aliphatic carbocycles. The lowest BCUT2D eigenvalue weighted by molar-refractivity contribution is 0.278. The van der Waals surface area contributed by atoms with Crippen LogP contribution in [-0.2, 0) is 0 Å². The summed E-state index contributed by atoms with van der Waals surface area (Å²) in [4.78, 5) is 0. The quantitative estimate of drug-likeness (QED) is 0.849. The predicted molar refractivity (Wildman–Crippen MR) is 84.2 cm³/mol. The van der Waals surface area contributed by atoms with Gasteiger partial charge in [-0.1, -0.05) is 66.7 Å². The van der Waals surface area contributed by atoms with Gasteiger partial charge in [0.25, 0.3) is 0 Å². The topological polar surface area (TPSA) is 20.2 Å². The number of aliphatic hydroxyl groups excluding tert-OH is 1. The van der Waals surface area contributed by atoms with Crippen LogP contribution < -0.4 is 0 Å². The molecule has 0 aliphatic heterocycles. The predicted octanol–water partition coefficient (Wildman–Crippen LogP) is 4.39. The second kappa shape index (κ2) is 6.06. The maximum absolute atomic E-state index is 8.95. The summed E-state index contributed by atoms with van der Waals surface area (Å²) in [5.41, 5.74) is 3.81. The Hall–Kier alpha value is -1.86. The summed E-state index contributed by atoms with van der Waals surface area (Å²) < 4.78 is 0. The molecule has 3 rings (SSSR count). The first-order valence-electron chi connectivity index (χ1n) is 7.32. The molecule has 0 bridgehead atoms. The Morgan fingerprint density at radius 3 is 2.55 bits per heavy atom. The van der Waals surface area contributed by atoms with Gasteiger partial charge in [0, 0.05) is 6.61 Å². The van der Waals surface area contributed by atoms with Gasteiger partial charge in [0.05, 0.1) is 0 Å². The number of benzene rings is 2. The fourth-order valence-electron chi connectivity index (χ4n) is 2.75. The fraction of sp³-hybridized carbons (Fsp3) is 0.263. The zero-order valence-electron chi connectivity index (χ0n) is 11.6. The zero-order chi connectivity index (χ0) is 13.8. The van der Waals surface area contributed by atoms with Crippen LogP contribution in [0.15, 0.2) is 60.7 Å². The molecule has 1 aliphatic rings. The lowest BCUT2D eigenvalue weighted by Crippen LogP contribution is -1.86. The van der Waals surface area contributed by atoms with Crippen LogP contribution in [0.3, 0.4) is 0 Å². The number of hydrogen-bond donors (Lipinski definition) is 1. The van der Waals surface area contributed by atoms with E-state index < -0.39 is 0 Å². The summed E-state index contributed by atoms with van der Waals surface area (Å²) in [6, 6.07) is 19.0. The second-order valence-corrected chi connectivity index (χ2v) is 5.48. The van der Waals surface area contributed by atoms with Crippen LogP contribution in [0.2, 0.25) is 0 Å². The van der Waals surface area contributed by atoms with Crippen LogP contribution in [0.25, 0.3) is 17.2 Å². The first-order chi connectivity index (χ1) is 9.88. The molecule has 1 heteroatoms. The molecule has 0 amide bonds. The highest BCUT2D eigenvalue weighted by Gasteiger charge is 2.33. The van der Waals surface area contributed by atoms with E-state index in [1.165, 1.54) is 23.1 Å². The molecule has 102 valence electrons. The van der Waals surface area contributed by atoms with E-state index in [-0.39, 0.29) is 0 Å². The Bertz CT molecular complexity index is 586. The van der Waals surface area contributed by atoms with Crippen LogP contribution in [0.1, 0.15) is 18.4 Å². The van der Waals surface area contributed by atoms with Gasteiger partial charge < -0.3 is 5.11 Å². The lowest BCUT2D eigenvalue weighted by Gasteiger charge is -2.06. The van der Waals surface area contributed by atoms with E-state index in [4.69, 9.17) is 5.11 Å². The van der Waals surface area contributed by atoms with Gasteiger partial charge in [-0.2, -0.15) is 0 Å².